The fourth-order valence-corrected chi connectivity index (χ4v) is 3.70. The lowest BCUT2D eigenvalue weighted by atomic mass is 10.1. The van der Waals surface area contributed by atoms with Gasteiger partial charge in [0.2, 0.25) is 0 Å². The Hall–Kier alpha value is -3.67. The molecule has 6 nitrogen and oxygen atoms in total. The van der Waals surface area contributed by atoms with Gasteiger partial charge in [0.05, 0.1) is 0 Å². The highest BCUT2D eigenvalue weighted by atomic mass is 16.2. The number of hydrogen-bond acceptors (Lipinski definition) is 3. The van der Waals surface area contributed by atoms with E-state index in [4.69, 9.17) is 0 Å². The Morgan fingerprint density at radius 3 is 2.55 bits per heavy atom. The van der Waals surface area contributed by atoms with Crippen molar-refractivity contribution in [1.29, 1.82) is 0 Å². The van der Waals surface area contributed by atoms with Gasteiger partial charge in [-0.3, -0.25) is 9.69 Å². The number of nitrogens with one attached hydrogen (secondary N) is 1. The summed E-state index contributed by atoms with van der Waals surface area (Å²) < 4.78 is 0. The van der Waals surface area contributed by atoms with Crippen molar-refractivity contribution >= 4 is 23.4 Å². The van der Waals surface area contributed by atoms with Crippen LogP contribution in [0.2, 0.25) is 0 Å². The minimum atomic E-state index is -0.249. The molecule has 0 saturated carbocycles. The van der Waals surface area contributed by atoms with Crippen LogP contribution in [0.4, 0.5) is 16.3 Å². The van der Waals surface area contributed by atoms with Crippen LogP contribution in [0.5, 0.6) is 0 Å². The summed E-state index contributed by atoms with van der Waals surface area (Å²) in [5.41, 5.74) is 4.36. The Morgan fingerprint density at radius 1 is 1.00 bits per heavy atom. The van der Waals surface area contributed by atoms with Crippen LogP contribution >= 0.6 is 0 Å². The van der Waals surface area contributed by atoms with Crippen LogP contribution in [-0.2, 0) is 6.54 Å². The lowest BCUT2D eigenvalue weighted by Gasteiger charge is -2.36. The normalized spacial score (nSPS) is 13.9. The van der Waals surface area contributed by atoms with Crippen LogP contribution in [0.15, 0.2) is 66.7 Å². The fraction of sp³-hybridized carbons (Fsp3) is 0.240. The average Bonchev–Trinajstić information content (AvgIpc) is 2.77. The summed E-state index contributed by atoms with van der Waals surface area (Å²) in [5.74, 6) is 0.259. The molecule has 0 aliphatic carbocycles. The molecular formula is C25H26N4O2. The first-order valence-electron chi connectivity index (χ1n) is 10.5. The minimum absolute atomic E-state index is 0.0373. The fourth-order valence-electron chi connectivity index (χ4n) is 3.70. The lowest BCUT2D eigenvalue weighted by Crippen LogP contribution is -2.49. The molecule has 158 valence electrons. The summed E-state index contributed by atoms with van der Waals surface area (Å²) in [6, 6.07) is 20.9. The third-order valence-electron chi connectivity index (χ3n) is 5.36. The molecule has 1 aromatic heterocycles. The number of rotatable bonds is 5. The molecule has 1 fully saturated rings. The highest BCUT2D eigenvalue weighted by Crippen LogP contribution is 2.23. The monoisotopic (exact) mass is 414 g/mol. The molecule has 2 heterocycles. The Labute approximate surface area is 182 Å². The predicted octanol–water partition coefficient (Wildman–Crippen LogP) is 4.78. The first-order valence-corrected chi connectivity index (χ1v) is 10.5. The second-order valence-electron chi connectivity index (χ2n) is 7.86. The van der Waals surface area contributed by atoms with E-state index in [1.54, 1.807) is 29.2 Å². The van der Waals surface area contributed by atoms with Crippen molar-refractivity contribution in [2.24, 2.45) is 0 Å². The van der Waals surface area contributed by atoms with E-state index in [9.17, 15) is 9.59 Å². The highest BCUT2D eigenvalue weighted by molar-refractivity contribution is 6.05. The van der Waals surface area contributed by atoms with Gasteiger partial charge in [-0.1, -0.05) is 42.0 Å². The number of benzene rings is 2. The number of pyridine rings is 1. The van der Waals surface area contributed by atoms with Gasteiger partial charge in [-0.25, -0.2) is 9.78 Å². The van der Waals surface area contributed by atoms with Gasteiger partial charge in [0.25, 0.3) is 5.91 Å². The molecular weight excluding hydrogens is 388 g/mol. The van der Waals surface area contributed by atoms with E-state index in [0.29, 0.717) is 24.5 Å². The summed E-state index contributed by atoms with van der Waals surface area (Å²) in [5, 5.41) is 2.82. The second-order valence-corrected chi connectivity index (χ2v) is 7.86. The molecule has 0 unspecified atom stereocenters. The first kappa shape index (κ1) is 20.6. The SMILES string of the molecule is Cc1ccc(CN2CCCN(c3cccc(C(=O)Nc4cccc(C)n4)c3)C2=O)cc1. The molecule has 1 saturated heterocycles. The van der Waals surface area contributed by atoms with Gasteiger partial charge in [-0.15, -0.1) is 0 Å². The number of aryl methyl sites for hydroxylation is 2. The molecule has 0 bridgehead atoms. The molecule has 1 aliphatic rings. The van der Waals surface area contributed by atoms with Crippen molar-refractivity contribution in [1.82, 2.24) is 9.88 Å². The summed E-state index contributed by atoms with van der Waals surface area (Å²) in [6.45, 7) is 5.86. The lowest BCUT2D eigenvalue weighted by molar-refractivity contribution is 0.102. The minimum Gasteiger partial charge on any atom is -0.320 e. The van der Waals surface area contributed by atoms with E-state index in [1.807, 2.05) is 30.0 Å². The smallest absolute Gasteiger partial charge is 0.320 e. The number of anilines is 2. The number of urea groups is 1. The van der Waals surface area contributed by atoms with Crippen LogP contribution in [0.3, 0.4) is 0 Å². The Bertz CT molecular complexity index is 1090. The first-order chi connectivity index (χ1) is 15.0. The topological polar surface area (TPSA) is 65.5 Å². The standard InChI is InChI=1S/C25H26N4O2/c1-18-10-12-20(13-11-18)17-28-14-5-15-29(25(28)31)22-8-4-7-21(16-22)24(30)27-23-9-3-6-19(2)26-23/h3-4,6-13,16H,5,14-15,17H2,1-2H3,(H,26,27,30). The van der Waals surface area contributed by atoms with Crippen LogP contribution in [-0.4, -0.2) is 34.9 Å². The molecule has 0 spiro atoms. The van der Waals surface area contributed by atoms with Crippen LogP contribution in [0, 0.1) is 13.8 Å². The van der Waals surface area contributed by atoms with E-state index >= 15 is 0 Å². The Morgan fingerprint density at radius 2 is 1.77 bits per heavy atom. The number of hydrogen-bond donors (Lipinski definition) is 1. The zero-order valence-electron chi connectivity index (χ0n) is 17.8. The third kappa shape index (κ3) is 4.91. The summed E-state index contributed by atoms with van der Waals surface area (Å²) in [6.07, 6.45) is 0.876. The van der Waals surface area contributed by atoms with E-state index < -0.39 is 0 Å². The van der Waals surface area contributed by atoms with E-state index in [2.05, 4.69) is 41.5 Å². The Kier molecular flexibility index (Phi) is 5.98. The van der Waals surface area contributed by atoms with Gasteiger partial charge in [0, 0.05) is 36.6 Å². The predicted molar refractivity (Wildman–Crippen MR) is 122 cm³/mol. The van der Waals surface area contributed by atoms with Crippen molar-refractivity contribution in [3.63, 3.8) is 0 Å². The zero-order valence-corrected chi connectivity index (χ0v) is 17.8. The maximum atomic E-state index is 13.1. The van der Waals surface area contributed by atoms with Gasteiger partial charge in [0.15, 0.2) is 0 Å². The van der Waals surface area contributed by atoms with Gasteiger partial charge in [0.1, 0.15) is 5.82 Å². The van der Waals surface area contributed by atoms with E-state index in [0.717, 1.165) is 29.9 Å². The quantitative estimate of drug-likeness (QED) is 0.653. The molecule has 1 aliphatic heterocycles. The molecule has 0 radical (unpaired) electrons. The van der Waals surface area contributed by atoms with Crippen molar-refractivity contribution in [2.45, 2.75) is 26.8 Å². The van der Waals surface area contributed by atoms with E-state index in [1.165, 1.54) is 5.56 Å². The number of nitrogens with zero attached hydrogens (tertiary/aromatic N) is 3. The maximum Gasteiger partial charge on any atom is 0.324 e. The molecule has 31 heavy (non-hydrogen) atoms. The summed E-state index contributed by atoms with van der Waals surface area (Å²) >= 11 is 0. The molecule has 0 atom stereocenters. The second kappa shape index (κ2) is 9.00. The average molecular weight is 415 g/mol. The highest BCUT2D eigenvalue weighted by Gasteiger charge is 2.27. The zero-order chi connectivity index (χ0) is 21.8. The van der Waals surface area contributed by atoms with E-state index in [-0.39, 0.29) is 11.9 Å². The summed E-state index contributed by atoms with van der Waals surface area (Å²) in [4.78, 5) is 33.8. The van der Waals surface area contributed by atoms with Gasteiger partial charge < -0.3 is 10.2 Å². The maximum absolute atomic E-state index is 13.1. The number of carbonyl (C=O) groups is 2. The molecule has 1 N–H and O–H groups in total. The largest absolute Gasteiger partial charge is 0.324 e. The van der Waals surface area contributed by atoms with Crippen molar-refractivity contribution in [3.8, 4) is 0 Å². The van der Waals surface area contributed by atoms with Gasteiger partial charge in [-0.2, -0.15) is 0 Å². The van der Waals surface area contributed by atoms with Crippen molar-refractivity contribution in [3.05, 3.63) is 89.1 Å². The van der Waals surface area contributed by atoms with Crippen LogP contribution < -0.4 is 10.2 Å². The Balaban J connectivity index is 1.49. The van der Waals surface area contributed by atoms with Crippen LogP contribution in [0.1, 0.15) is 33.6 Å². The molecule has 3 amide bonds. The molecule has 4 rings (SSSR count). The van der Waals surface area contributed by atoms with Crippen molar-refractivity contribution in [2.75, 3.05) is 23.3 Å². The number of carbonyl (C=O) groups excluding carboxylic acids is 2. The van der Waals surface area contributed by atoms with Crippen molar-refractivity contribution < 1.29 is 9.59 Å². The molecule has 6 heteroatoms. The van der Waals surface area contributed by atoms with Crippen LogP contribution in [0.25, 0.3) is 0 Å². The molecule has 2 aromatic carbocycles. The van der Waals surface area contributed by atoms with Gasteiger partial charge in [-0.05, 0) is 56.2 Å². The molecule has 3 aromatic rings. The van der Waals surface area contributed by atoms with Gasteiger partial charge >= 0.3 is 6.03 Å². The summed E-state index contributed by atoms with van der Waals surface area (Å²) in [7, 11) is 0. The number of amides is 3. The third-order valence-corrected chi connectivity index (χ3v) is 5.36. The number of aromatic nitrogens is 1.